The maximum Gasteiger partial charge on any atom is 0.193 e. The van der Waals surface area contributed by atoms with E-state index in [1.54, 1.807) is 7.05 Å². The van der Waals surface area contributed by atoms with E-state index in [2.05, 4.69) is 15.2 Å². The van der Waals surface area contributed by atoms with Crippen molar-refractivity contribution in [2.75, 3.05) is 39.9 Å². The second-order valence-electron chi connectivity index (χ2n) is 7.47. The maximum absolute atomic E-state index is 13.7. The minimum Gasteiger partial charge on any atom is -0.376 e. The highest BCUT2D eigenvalue weighted by atomic mass is 127. The van der Waals surface area contributed by atoms with Gasteiger partial charge in [-0.1, -0.05) is 0 Å². The molecule has 1 atom stereocenters. The summed E-state index contributed by atoms with van der Waals surface area (Å²) < 4.78 is 38.8. The predicted octanol–water partition coefficient (Wildman–Crippen LogP) is 3.75. The molecule has 0 bridgehead atoms. The van der Waals surface area contributed by atoms with Crippen LogP contribution in [0.1, 0.15) is 37.7 Å². The number of piperidine rings is 1. The first kappa shape index (κ1) is 24.3. The van der Waals surface area contributed by atoms with E-state index >= 15 is 0 Å². The molecule has 1 unspecified atom stereocenters. The van der Waals surface area contributed by atoms with Crippen molar-refractivity contribution >= 4 is 29.9 Å². The summed E-state index contributed by atoms with van der Waals surface area (Å²) in [5, 5.41) is 3.26. The van der Waals surface area contributed by atoms with Crippen LogP contribution < -0.4 is 5.32 Å². The lowest BCUT2D eigenvalue weighted by Gasteiger charge is -2.35. The minimum atomic E-state index is -0.415. The smallest absolute Gasteiger partial charge is 0.193 e. The van der Waals surface area contributed by atoms with Crippen molar-refractivity contribution in [1.82, 2.24) is 10.2 Å². The Labute approximate surface area is 189 Å². The average molecular weight is 523 g/mol. The van der Waals surface area contributed by atoms with Crippen molar-refractivity contribution in [2.45, 2.75) is 50.7 Å². The van der Waals surface area contributed by atoms with Gasteiger partial charge in [-0.05, 0) is 62.3 Å². The number of rotatable bonds is 6. The molecular formula is C21H32F2IN3O2. The summed E-state index contributed by atoms with van der Waals surface area (Å²) in [4.78, 5) is 6.52. The van der Waals surface area contributed by atoms with Gasteiger partial charge in [-0.2, -0.15) is 0 Å². The molecule has 1 aromatic rings. The van der Waals surface area contributed by atoms with Crippen molar-refractivity contribution in [3.05, 3.63) is 35.4 Å². The highest BCUT2D eigenvalue weighted by molar-refractivity contribution is 14.0. The molecule has 5 nitrogen and oxygen atoms in total. The van der Waals surface area contributed by atoms with Crippen LogP contribution in [0.3, 0.4) is 0 Å². The molecule has 0 spiro atoms. The summed E-state index contributed by atoms with van der Waals surface area (Å²) in [6.45, 7) is 3.78. The lowest BCUT2D eigenvalue weighted by Crippen LogP contribution is -2.47. The molecular weight excluding hydrogens is 491 g/mol. The Hall–Kier alpha value is -1.00. The van der Waals surface area contributed by atoms with Crippen molar-refractivity contribution < 1.29 is 18.3 Å². The number of hydrogen-bond donors (Lipinski definition) is 1. The Kier molecular flexibility index (Phi) is 10.6. The van der Waals surface area contributed by atoms with Crippen LogP contribution in [0, 0.1) is 11.6 Å². The monoisotopic (exact) mass is 523 g/mol. The summed E-state index contributed by atoms with van der Waals surface area (Å²) in [6.07, 6.45) is 6.31. The van der Waals surface area contributed by atoms with Crippen molar-refractivity contribution in [3.63, 3.8) is 0 Å². The van der Waals surface area contributed by atoms with E-state index in [1.165, 1.54) is 18.6 Å². The van der Waals surface area contributed by atoms with E-state index in [0.29, 0.717) is 25.1 Å². The topological polar surface area (TPSA) is 46.1 Å². The highest BCUT2D eigenvalue weighted by Crippen LogP contribution is 2.18. The Bertz CT molecular complexity index is 649. The van der Waals surface area contributed by atoms with Gasteiger partial charge in [-0.3, -0.25) is 4.99 Å². The molecule has 2 heterocycles. The van der Waals surface area contributed by atoms with Gasteiger partial charge >= 0.3 is 0 Å². The minimum absolute atomic E-state index is 0. The van der Waals surface area contributed by atoms with E-state index in [-0.39, 0.29) is 42.0 Å². The van der Waals surface area contributed by atoms with Gasteiger partial charge in [-0.15, -0.1) is 24.0 Å². The van der Waals surface area contributed by atoms with Crippen LogP contribution >= 0.6 is 24.0 Å². The fraction of sp³-hybridized carbons (Fsp3) is 0.667. The van der Waals surface area contributed by atoms with Gasteiger partial charge in [0.25, 0.3) is 0 Å². The number of likely N-dealkylation sites (tertiary alicyclic amines) is 1. The Morgan fingerprint density at radius 2 is 2.03 bits per heavy atom. The van der Waals surface area contributed by atoms with Crippen LogP contribution in [0.2, 0.25) is 0 Å². The molecule has 0 saturated carbocycles. The van der Waals surface area contributed by atoms with Crippen molar-refractivity contribution in [1.29, 1.82) is 0 Å². The van der Waals surface area contributed by atoms with Gasteiger partial charge in [-0.25, -0.2) is 8.78 Å². The van der Waals surface area contributed by atoms with Gasteiger partial charge in [0.2, 0.25) is 0 Å². The molecule has 0 aromatic heterocycles. The van der Waals surface area contributed by atoms with Gasteiger partial charge in [0.05, 0.1) is 18.8 Å². The second-order valence-corrected chi connectivity index (χ2v) is 7.47. The van der Waals surface area contributed by atoms with Crippen LogP contribution in [0.4, 0.5) is 8.78 Å². The molecule has 2 aliphatic heterocycles. The lowest BCUT2D eigenvalue weighted by molar-refractivity contribution is -0.0721. The number of aliphatic imine (C=N–C) groups is 1. The first-order valence-corrected chi connectivity index (χ1v) is 10.3. The SMILES string of the molecule is CN=C(NCCc1cc(F)ccc1F)N1CCC(OCC2CCCCO2)CC1.I. The van der Waals surface area contributed by atoms with Gasteiger partial charge < -0.3 is 19.7 Å². The van der Waals surface area contributed by atoms with Crippen LogP contribution in [-0.4, -0.2) is 63.0 Å². The predicted molar refractivity (Wildman–Crippen MR) is 121 cm³/mol. The van der Waals surface area contributed by atoms with Gasteiger partial charge in [0, 0.05) is 33.3 Å². The van der Waals surface area contributed by atoms with Crippen LogP contribution in [0.5, 0.6) is 0 Å². The van der Waals surface area contributed by atoms with E-state index < -0.39 is 5.82 Å². The molecule has 0 aliphatic carbocycles. The molecule has 3 rings (SSSR count). The number of hydrogen-bond acceptors (Lipinski definition) is 3. The second kappa shape index (κ2) is 12.6. The zero-order chi connectivity index (χ0) is 19.8. The van der Waals surface area contributed by atoms with E-state index in [1.807, 2.05) is 0 Å². The number of halogens is 3. The van der Waals surface area contributed by atoms with E-state index in [9.17, 15) is 8.78 Å². The zero-order valence-corrected chi connectivity index (χ0v) is 19.4. The third kappa shape index (κ3) is 7.64. The number of nitrogens with zero attached hydrogens (tertiary/aromatic N) is 2. The number of ether oxygens (including phenoxy) is 2. The molecule has 2 fully saturated rings. The Morgan fingerprint density at radius 3 is 2.72 bits per heavy atom. The normalized spacial score (nSPS) is 21.0. The quantitative estimate of drug-likeness (QED) is 0.351. The van der Waals surface area contributed by atoms with Crippen LogP contribution in [-0.2, 0) is 15.9 Å². The summed E-state index contributed by atoms with van der Waals surface area (Å²) in [7, 11) is 1.74. The molecule has 0 radical (unpaired) electrons. The summed E-state index contributed by atoms with van der Waals surface area (Å²) in [6, 6.07) is 3.55. The summed E-state index contributed by atoms with van der Waals surface area (Å²) in [5.74, 6) is 0.00505. The zero-order valence-electron chi connectivity index (χ0n) is 17.0. The van der Waals surface area contributed by atoms with Gasteiger partial charge in [0.15, 0.2) is 5.96 Å². The van der Waals surface area contributed by atoms with Crippen LogP contribution in [0.25, 0.3) is 0 Å². The first-order chi connectivity index (χ1) is 13.7. The number of guanidine groups is 1. The molecule has 29 heavy (non-hydrogen) atoms. The van der Waals surface area contributed by atoms with Crippen molar-refractivity contribution in [2.24, 2.45) is 4.99 Å². The Balaban J connectivity index is 0.00000300. The molecule has 1 N–H and O–H groups in total. The van der Waals surface area contributed by atoms with Gasteiger partial charge in [0.1, 0.15) is 11.6 Å². The molecule has 2 aliphatic rings. The molecule has 0 amide bonds. The summed E-state index contributed by atoms with van der Waals surface area (Å²) in [5.41, 5.74) is 0.375. The highest BCUT2D eigenvalue weighted by Gasteiger charge is 2.23. The first-order valence-electron chi connectivity index (χ1n) is 10.3. The molecule has 8 heteroatoms. The largest absolute Gasteiger partial charge is 0.376 e. The fourth-order valence-electron chi connectivity index (χ4n) is 3.79. The van der Waals surface area contributed by atoms with Crippen molar-refractivity contribution in [3.8, 4) is 0 Å². The number of nitrogens with one attached hydrogen (secondary N) is 1. The van der Waals surface area contributed by atoms with E-state index in [4.69, 9.17) is 9.47 Å². The molecule has 2 saturated heterocycles. The fourth-order valence-corrected chi connectivity index (χ4v) is 3.79. The molecule has 1 aromatic carbocycles. The third-order valence-corrected chi connectivity index (χ3v) is 5.43. The summed E-state index contributed by atoms with van der Waals surface area (Å²) >= 11 is 0. The Morgan fingerprint density at radius 1 is 1.24 bits per heavy atom. The average Bonchev–Trinajstić information content (AvgIpc) is 2.73. The van der Waals surface area contributed by atoms with Crippen LogP contribution in [0.15, 0.2) is 23.2 Å². The molecule has 164 valence electrons. The third-order valence-electron chi connectivity index (χ3n) is 5.43. The van der Waals surface area contributed by atoms with E-state index in [0.717, 1.165) is 57.4 Å². The maximum atomic E-state index is 13.7. The number of benzene rings is 1. The standard InChI is InChI=1S/C21H31F2N3O2.HI/c1-24-21(25-10-7-16-14-17(22)5-6-20(16)23)26-11-8-18(9-12-26)28-15-19-4-2-3-13-27-19;/h5-6,14,18-19H,2-4,7-13,15H2,1H3,(H,24,25);1H. The lowest BCUT2D eigenvalue weighted by atomic mass is 10.1.